The zero-order valence-electron chi connectivity index (χ0n) is 15.5. The molecule has 0 spiro atoms. The Hall–Kier alpha value is -2.71. The van der Waals surface area contributed by atoms with Gasteiger partial charge in [0.05, 0.1) is 11.0 Å². The van der Waals surface area contributed by atoms with Crippen LogP contribution < -0.4 is 9.46 Å². The monoisotopic (exact) mass is 386 g/mol. The minimum Gasteiger partial charge on any atom is -0.491 e. The van der Waals surface area contributed by atoms with Gasteiger partial charge in [-0.1, -0.05) is 6.07 Å². The van der Waals surface area contributed by atoms with E-state index >= 15 is 0 Å². The van der Waals surface area contributed by atoms with Gasteiger partial charge in [-0.05, 0) is 56.7 Å². The predicted octanol–water partition coefficient (Wildman–Crippen LogP) is 2.84. The fourth-order valence-corrected chi connectivity index (χ4v) is 3.69. The molecule has 0 radical (unpaired) electrons. The van der Waals surface area contributed by atoms with Gasteiger partial charge in [0, 0.05) is 30.7 Å². The van der Waals surface area contributed by atoms with Crippen LogP contribution in [0, 0.1) is 6.92 Å². The standard InChI is InChI=1S/C19H22N4O3S/c1-14(2)26-18-8-7-17(12-15(18)3)27(24,25)22-13-16-6-4-9-20-19(16)23-11-5-10-21-23/h4-12,14,22H,13H2,1-3H3. The Kier molecular flexibility index (Phi) is 5.57. The van der Waals surface area contributed by atoms with Crippen molar-refractivity contribution < 1.29 is 13.2 Å². The lowest BCUT2D eigenvalue weighted by molar-refractivity contribution is 0.240. The molecule has 142 valence electrons. The lowest BCUT2D eigenvalue weighted by atomic mass is 10.2. The smallest absolute Gasteiger partial charge is 0.240 e. The zero-order chi connectivity index (χ0) is 19.4. The topological polar surface area (TPSA) is 86.1 Å². The summed E-state index contributed by atoms with van der Waals surface area (Å²) in [4.78, 5) is 4.49. The number of benzene rings is 1. The van der Waals surface area contributed by atoms with Crippen LogP contribution in [0.5, 0.6) is 5.75 Å². The second-order valence-electron chi connectivity index (χ2n) is 6.36. The molecule has 7 nitrogen and oxygen atoms in total. The molecule has 0 bridgehead atoms. The molecule has 3 aromatic rings. The summed E-state index contributed by atoms with van der Waals surface area (Å²) in [5.41, 5.74) is 1.49. The van der Waals surface area contributed by atoms with Crippen LogP contribution in [0.2, 0.25) is 0 Å². The molecule has 1 aromatic carbocycles. The quantitative estimate of drug-likeness (QED) is 0.675. The predicted molar refractivity (Wildman–Crippen MR) is 102 cm³/mol. The molecule has 0 amide bonds. The van der Waals surface area contributed by atoms with Gasteiger partial charge in [0.25, 0.3) is 0 Å². The Morgan fingerprint density at radius 2 is 2.00 bits per heavy atom. The highest BCUT2D eigenvalue weighted by Crippen LogP contribution is 2.23. The van der Waals surface area contributed by atoms with Gasteiger partial charge in [-0.25, -0.2) is 22.8 Å². The van der Waals surface area contributed by atoms with Gasteiger partial charge in [-0.15, -0.1) is 0 Å². The highest BCUT2D eigenvalue weighted by atomic mass is 32.2. The number of rotatable bonds is 7. The van der Waals surface area contributed by atoms with Crippen LogP contribution in [0.1, 0.15) is 25.0 Å². The fraction of sp³-hybridized carbons (Fsp3) is 0.263. The first kappa shape index (κ1) is 19.1. The number of nitrogens with one attached hydrogen (secondary N) is 1. The van der Waals surface area contributed by atoms with Gasteiger partial charge in [0.2, 0.25) is 10.0 Å². The average molecular weight is 386 g/mol. The van der Waals surface area contributed by atoms with Gasteiger partial charge in [-0.3, -0.25) is 0 Å². The summed E-state index contributed by atoms with van der Waals surface area (Å²) >= 11 is 0. The van der Waals surface area contributed by atoms with E-state index < -0.39 is 10.0 Å². The number of aromatic nitrogens is 3. The van der Waals surface area contributed by atoms with E-state index in [4.69, 9.17) is 4.74 Å². The lowest BCUT2D eigenvalue weighted by Crippen LogP contribution is -2.24. The number of nitrogens with zero attached hydrogens (tertiary/aromatic N) is 3. The number of ether oxygens (including phenoxy) is 1. The molecule has 0 aliphatic heterocycles. The number of pyridine rings is 1. The SMILES string of the molecule is Cc1cc(S(=O)(=O)NCc2cccnc2-n2cccn2)ccc1OC(C)C. The van der Waals surface area contributed by atoms with Crippen LogP contribution in [-0.4, -0.2) is 29.3 Å². The van der Waals surface area contributed by atoms with Crippen molar-refractivity contribution in [1.82, 2.24) is 19.5 Å². The maximum absolute atomic E-state index is 12.7. The lowest BCUT2D eigenvalue weighted by Gasteiger charge is -2.14. The third-order valence-electron chi connectivity index (χ3n) is 3.86. The van der Waals surface area contributed by atoms with E-state index in [0.717, 1.165) is 11.1 Å². The van der Waals surface area contributed by atoms with Crippen LogP contribution in [0.15, 0.2) is 59.9 Å². The first-order valence-electron chi connectivity index (χ1n) is 8.58. The Morgan fingerprint density at radius 1 is 1.19 bits per heavy atom. The van der Waals surface area contributed by atoms with Gasteiger partial charge in [0.1, 0.15) is 5.75 Å². The summed E-state index contributed by atoms with van der Waals surface area (Å²) in [6, 6.07) is 10.2. The summed E-state index contributed by atoms with van der Waals surface area (Å²) in [5.74, 6) is 1.26. The number of hydrogen-bond acceptors (Lipinski definition) is 5. The molecule has 2 aromatic heterocycles. The van der Waals surface area contributed by atoms with Crippen molar-refractivity contribution in [1.29, 1.82) is 0 Å². The Bertz CT molecular complexity index is 1020. The zero-order valence-corrected chi connectivity index (χ0v) is 16.3. The fourth-order valence-electron chi connectivity index (χ4n) is 2.60. The summed E-state index contributed by atoms with van der Waals surface area (Å²) in [5, 5.41) is 4.16. The molecule has 0 fully saturated rings. The van der Waals surface area contributed by atoms with Crippen LogP contribution in [-0.2, 0) is 16.6 Å². The van der Waals surface area contributed by atoms with Gasteiger partial charge in [0.15, 0.2) is 5.82 Å². The van der Waals surface area contributed by atoms with E-state index in [1.807, 2.05) is 26.8 Å². The molecule has 2 heterocycles. The largest absolute Gasteiger partial charge is 0.491 e. The van der Waals surface area contributed by atoms with Gasteiger partial charge in [-0.2, -0.15) is 5.10 Å². The second kappa shape index (κ2) is 7.89. The van der Waals surface area contributed by atoms with Crippen molar-refractivity contribution in [2.75, 3.05) is 0 Å². The molecule has 0 saturated carbocycles. The van der Waals surface area contributed by atoms with E-state index in [2.05, 4.69) is 14.8 Å². The van der Waals surface area contributed by atoms with Crippen molar-refractivity contribution in [2.45, 2.75) is 38.3 Å². The normalized spacial score (nSPS) is 11.7. The number of aryl methyl sites for hydroxylation is 1. The molecule has 1 N–H and O–H groups in total. The highest BCUT2D eigenvalue weighted by Gasteiger charge is 2.17. The van der Waals surface area contributed by atoms with E-state index in [9.17, 15) is 8.42 Å². The Labute approximate surface area is 159 Å². The minimum atomic E-state index is -3.67. The third kappa shape index (κ3) is 4.53. The Morgan fingerprint density at radius 3 is 2.67 bits per heavy atom. The second-order valence-corrected chi connectivity index (χ2v) is 8.12. The van der Waals surface area contributed by atoms with Crippen molar-refractivity contribution in [2.24, 2.45) is 0 Å². The highest BCUT2D eigenvalue weighted by molar-refractivity contribution is 7.89. The third-order valence-corrected chi connectivity index (χ3v) is 5.26. The summed E-state index contributed by atoms with van der Waals surface area (Å²) in [6.07, 6.45) is 5.07. The summed E-state index contributed by atoms with van der Waals surface area (Å²) in [7, 11) is -3.67. The number of hydrogen-bond donors (Lipinski definition) is 1. The molecule has 0 aliphatic carbocycles. The van der Waals surface area contributed by atoms with E-state index in [1.165, 1.54) is 0 Å². The van der Waals surface area contributed by atoms with E-state index in [1.54, 1.807) is 53.6 Å². The first-order valence-corrected chi connectivity index (χ1v) is 10.1. The summed E-state index contributed by atoms with van der Waals surface area (Å²) < 4.78 is 35.3. The molecule has 3 rings (SSSR count). The molecule has 0 atom stereocenters. The molecule has 0 saturated heterocycles. The maximum Gasteiger partial charge on any atom is 0.240 e. The average Bonchev–Trinajstić information content (AvgIpc) is 3.16. The Balaban J connectivity index is 1.79. The van der Waals surface area contributed by atoms with Crippen LogP contribution >= 0.6 is 0 Å². The van der Waals surface area contributed by atoms with Crippen molar-refractivity contribution in [3.05, 3.63) is 66.1 Å². The van der Waals surface area contributed by atoms with Gasteiger partial charge >= 0.3 is 0 Å². The van der Waals surface area contributed by atoms with Crippen LogP contribution in [0.4, 0.5) is 0 Å². The molecule has 8 heteroatoms. The van der Waals surface area contributed by atoms with E-state index in [-0.39, 0.29) is 17.5 Å². The van der Waals surface area contributed by atoms with Crippen LogP contribution in [0.3, 0.4) is 0 Å². The van der Waals surface area contributed by atoms with Crippen molar-refractivity contribution >= 4 is 10.0 Å². The molecular formula is C19H22N4O3S. The first-order chi connectivity index (χ1) is 12.9. The molecular weight excluding hydrogens is 364 g/mol. The molecule has 0 aliphatic rings. The number of sulfonamides is 1. The maximum atomic E-state index is 12.7. The van der Waals surface area contributed by atoms with Crippen LogP contribution in [0.25, 0.3) is 5.82 Å². The van der Waals surface area contributed by atoms with E-state index in [0.29, 0.717) is 11.6 Å². The van der Waals surface area contributed by atoms with Gasteiger partial charge < -0.3 is 4.74 Å². The molecule has 27 heavy (non-hydrogen) atoms. The molecule has 0 unspecified atom stereocenters. The van der Waals surface area contributed by atoms with Crippen molar-refractivity contribution in [3.63, 3.8) is 0 Å². The summed E-state index contributed by atoms with van der Waals surface area (Å²) in [6.45, 7) is 5.79. The minimum absolute atomic E-state index is 0.0237. The van der Waals surface area contributed by atoms with Crippen molar-refractivity contribution in [3.8, 4) is 11.6 Å².